The molecule has 1 aliphatic carbocycles. The van der Waals surface area contributed by atoms with Crippen LogP contribution in [-0.2, 0) is 11.1 Å². The summed E-state index contributed by atoms with van der Waals surface area (Å²) < 4.78 is 37.3. The van der Waals surface area contributed by atoms with Crippen LogP contribution < -0.4 is 21.3 Å². The molecule has 0 spiro atoms. The highest BCUT2D eigenvalue weighted by atomic mass is 19.2. The fourth-order valence-electron chi connectivity index (χ4n) is 8.33. The van der Waals surface area contributed by atoms with Crippen LogP contribution in [0.5, 0.6) is 0 Å². The lowest BCUT2D eigenvalue weighted by Gasteiger charge is -2.46. The lowest BCUT2D eigenvalue weighted by molar-refractivity contribution is -0.0615. The van der Waals surface area contributed by atoms with E-state index >= 15 is 8.78 Å². The molecule has 4 aliphatic rings. The molecule has 1 aromatic heterocycles. The summed E-state index contributed by atoms with van der Waals surface area (Å²) in [6.45, 7) is 6.43. The summed E-state index contributed by atoms with van der Waals surface area (Å²) in [7, 11) is 0. The van der Waals surface area contributed by atoms with Crippen molar-refractivity contribution in [2.75, 3.05) is 4.90 Å². The van der Waals surface area contributed by atoms with Gasteiger partial charge in [0, 0.05) is 45.3 Å². The molecule has 0 saturated heterocycles. The number of halogens is 2. The summed E-state index contributed by atoms with van der Waals surface area (Å²) in [5.74, 6) is -2.09. The Hall–Kier alpha value is -3.60. The average Bonchev–Trinajstić information content (AvgIpc) is 3.37. The molecule has 3 aliphatic heterocycles. The van der Waals surface area contributed by atoms with Gasteiger partial charge < -0.3 is 9.47 Å². The summed E-state index contributed by atoms with van der Waals surface area (Å²) in [5, 5.41) is 2.44. The number of hydrogen-bond donors (Lipinski definition) is 0. The van der Waals surface area contributed by atoms with Crippen LogP contribution in [0.4, 0.5) is 20.2 Å². The molecule has 192 valence electrons. The van der Waals surface area contributed by atoms with Crippen LogP contribution in [-0.4, -0.2) is 17.1 Å². The minimum atomic E-state index is -2.09. The lowest BCUT2D eigenvalue weighted by atomic mass is 9.33. The second kappa shape index (κ2) is 6.75. The molecule has 0 bridgehead atoms. The van der Waals surface area contributed by atoms with Crippen LogP contribution in [0.3, 0.4) is 0 Å². The Labute approximate surface area is 227 Å². The number of alkyl halides is 2. The Morgan fingerprint density at radius 3 is 2.38 bits per heavy atom. The van der Waals surface area contributed by atoms with E-state index in [1.54, 1.807) is 4.90 Å². The average molecular weight is 514 g/mol. The summed E-state index contributed by atoms with van der Waals surface area (Å²) in [4.78, 5) is 1.79. The highest BCUT2D eigenvalue weighted by Crippen LogP contribution is 2.63. The summed E-state index contributed by atoms with van der Waals surface area (Å²) in [6.07, 6.45) is 1.82. The monoisotopic (exact) mass is 514 g/mol. The largest absolute Gasteiger partial charge is 0.310 e. The number of benzene rings is 4. The first kappa shape index (κ1) is 22.2. The van der Waals surface area contributed by atoms with Crippen LogP contribution >= 0.6 is 0 Å². The van der Waals surface area contributed by atoms with Crippen LogP contribution in [0.25, 0.3) is 27.5 Å². The SMILES string of the molecule is CC(C)(C)c1cc2c3c(c1)C1(F)CCCCC1(F)N3c1cccc3c1B2c1cccc2c4ccccc4n-3c12. The van der Waals surface area contributed by atoms with Gasteiger partial charge in [0.1, 0.15) is 0 Å². The Morgan fingerprint density at radius 2 is 1.54 bits per heavy atom. The van der Waals surface area contributed by atoms with Gasteiger partial charge in [-0.15, -0.1) is 0 Å². The molecule has 2 unspecified atom stereocenters. The van der Waals surface area contributed by atoms with Gasteiger partial charge in [-0.2, -0.15) is 0 Å². The summed E-state index contributed by atoms with van der Waals surface area (Å²) in [5.41, 5.74) is 7.78. The molecule has 0 amide bonds. The van der Waals surface area contributed by atoms with Crippen LogP contribution in [0.1, 0.15) is 57.6 Å². The van der Waals surface area contributed by atoms with Gasteiger partial charge in [-0.25, -0.2) is 8.78 Å². The Morgan fingerprint density at radius 1 is 0.795 bits per heavy atom. The summed E-state index contributed by atoms with van der Waals surface area (Å²) >= 11 is 0. The minimum Gasteiger partial charge on any atom is -0.310 e. The number of nitrogens with zero attached hydrogens (tertiary/aromatic N) is 2. The number of para-hydroxylation sites is 2. The molecule has 5 heteroatoms. The fourth-order valence-corrected chi connectivity index (χ4v) is 8.33. The van der Waals surface area contributed by atoms with Crippen molar-refractivity contribution in [2.24, 2.45) is 0 Å². The van der Waals surface area contributed by atoms with E-state index in [9.17, 15) is 0 Å². The van der Waals surface area contributed by atoms with Gasteiger partial charge in [0.05, 0.1) is 5.52 Å². The summed E-state index contributed by atoms with van der Waals surface area (Å²) in [6, 6.07) is 25.6. The molecule has 0 radical (unpaired) electrons. The fraction of sp³-hybridized carbons (Fsp3) is 0.294. The van der Waals surface area contributed by atoms with Crippen LogP contribution in [0.15, 0.2) is 72.8 Å². The van der Waals surface area contributed by atoms with Gasteiger partial charge in [0.15, 0.2) is 5.67 Å². The van der Waals surface area contributed by atoms with Crippen molar-refractivity contribution in [3.8, 4) is 5.69 Å². The minimum absolute atomic E-state index is 0.0867. The third-order valence-corrected chi connectivity index (χ3v) is 10.1. The van der Waals surface area contributed by atoms with Crippen molar-refractivity contribution in [3.05, 3.63) is 83.9 Å². The van der Waals surface area contributed by atoms with Crippen molar-refractivity contribution < 1.29 is 8.78 Å². The van der Waals surface area contributed by atoms with Crippen molar-refractivity contribution in [3.63, 3.8) is 0 Å². The number of fused-ring (bicyclic) bond motifs is 10. The lowest BCUT2D eigenvalue weighted by Crippen LogP contribution is -2.63. The Bertz CT molecular complexity index is 1920. The van der Waals surface area contributed by atoms with E-state index in [1.807, 2.05) is 18.2 Å². The van der Waals surface area contributed by atoms with E-state index in [0.717, 1.165) is 39.1 Å². The van der Waals surface area contributed by atoms with Crippen LogP contribution in [0.2, 0.25) is 0 Å². The topological polar surface area (TPSA) is 8.17 Å². The third kappa shape index (κ3) is 2.37. The number of anilines is 2. The molecule has 4 aromatic carbocycles. The molecule has 2 atom stereocenters. The highest BCUT2D eigenvalue weighted by molar-refractivity contribution is 7.00. The molecule has 9 rings (SSSR count). The van der Waals surface area contributed by atoms with Gasteiger partial charge in [-0.3, -0.25) is 0 Å². The van der Waals surface area contributed by atoms with Crippen molar-refractivity contribution in [2.45, 2.75) is 63.3 Å². The molecule has 39 heavy (non-hydrogen) atoms. The first-order chi connectivity index (χ1) is 18.7. The van der Waals surface area contributed by atoms with Crippen molar-refractivity contribution in [1.29, 1.82) is 0 Å². The van der Waals surface area contributed by atoms with E-state index in [1.165, 1.54) is 21.8 Å². The molecule has 1 fully saturated rings. The van der Waals surface area contributed by atoms with Crippen LogP contribution in [0, 0.1) is 0 Å². The molecule has 0 N–H and O–H groups in total. The van der Waals surface area contributed by atoms with E-state index in [2.05, 4.69) is 79.9 Å². The number of hydrogen-bond acceptors (Lipinski definition) is 1. The quantitative estimate of drug-likeness (QED) is 0.160. The standard InChI is InChI=1S/C34H29BF2N2/c1-32(2,3)20-18-23-31-25(19-20)35-24-12-8-11-22-21-10-4-5-13-26(21)38(30(22)24)27-14-9-15-28(29(27)35)39(31)34(37)17-7-6-16-33(23,34)36/h4-5,8-15,18-19H,6-7,16-17H2,1-3H3. The number of rotatable bonds is 0. The van der Waals surface area contributed by atoms with Gasteiger partial charge in [0.2, 0.25) is 5.79 Å². The molecule has 4 heterocycles. The predicted molar refractivity (Wildman–Crippen MR) is 158 cm³/mol. The van der Waals surface area contributed by atoms with E-state index in [-0.39, 0.29) is 25.0 Å². The normalized spacial score (nSPS) is 24.2. The highest BCUT2D eigenvalue weighted by Gasteiger charge is 2.68. The number of aromatic nitrogens is 1. The first-order valence-electron chi connectivity index (χ1n) is 14.3. The van der Waals surface area contributed by atoms with E-state index in [4.69, 9.17) is 0 Å². The molecule has 5 aromatic rings. The van der Waals surface area contributed by atoms with Gasteiger partial charge >= 0.3 is 0 Å². The third-order valence-electron chi connectivity index (χ3n) is 10.1. The zero-order valence-corrected chi connectivity index (χ0v) is 22.5. The maximum atomic E-state index is 17.6. The maximum absolute atomic E-state index is 17.6. The molecular weight excluding hydrogens is 485 g/mol. The van der Waals surface area contributed by atoms with Gasteiger partial charge in [0.25, 0.3) is 6.71 Å². The first-order valence-corrected chi connectivity index (χ1v) is 14.3. The van der Waals surface area contributed by atoms with Crippen molar-refractivity contribution >= 4 is 56.3 Å². The van der Waals surface area contributed by atoms with E-state index < -0.39 is 11.5 Å². The van der Waals surface area contributed by atoms with E-state index in [0.29, 0.717) is 18.4 Å². The zero-order valence-electron chi connectivity index (χ0n) is 22.5. The zero-order chi connectivity index (χ0) is 26.5. The maximum Gasteiger partial charge on any atom is 0.252 e. The molecular formula is C34H29BF2N2. The predicted octanol–water partition coefficient (Wildman–Crippen LogP) is 6.78. The van der Waals surface area contributed by atoms with Gasteiger partial charge in [-0.1, -0.05) is 69.3 Å². The Balaban J connectivity index is 1.49. The molecule has 2 nitrogen and oxygen atoms in total. The molecule has 1 saturated carbocycles. The second-order valence-corrected chi connectivity index (χ2v) is 13.1. The second-order valence-electron chi connectivity index (χ2n) is 13.1. The smallest absolute Gasteiger partial charge is 0.252 e. The van der Waals surface area contributed by atoms with Crippen molar-refractivity contribution in [1.82, 2.24) is 4.57 Å². The Kier molecular flexibility index (Phi) is 3.85. The van der Waals surface area contributed by atoms with Gasteiger partial charge in [-0.05, 0) is 70.9 Å².